The maximum Gasteiger partial charge on any atom is 0.154 e. The third-order valence-corrected chi connectivity index (χ3v) is 5.36. The Labute approximate surface area is 154 Å². The third kappa shape index (κ3) is 4.64. The van der Waals surface area contributed by atoms with Gasteiger partial charge in [0.05, 0.1) is 0 Å². The van der Waals surface area contributed by atoms with Crippen molar-refractivity contribution in [3.8, 4) is 0 Å². The van der Waals surface area contributed by atoms with Crippen LogP contribution in [0.25, 0.3) is 0 Å². The number of hydrogen-bond donors (Lipinski definition) is 3. The monoisotopic (exact) mass is 357 g/mol. The highest BCUT2D eigenvalue weighted by atomic mass is 32.2. The zero-order valence-corrected chi connectivity index (χ0v) is 16.2. The molecule has 1 saturated heterocycles. The van der Waals surface area contributed by atoms with Crippen molar-refractivity contribution < 1.29 is 0 Å². The maximum absolute atomic E-state index is 6.36. The van der Waals surface area contributed by atoms with Crippen LogP contribution in [0.15, 0.2) is 46.6 Å². The molecule has 0 radical (unpaired) electrons. The molecular weight excluding hydrogens is 330 g/mol. The van der Waals surface area contributed by atoms with Gasteiger partial charge in [0.25, 0.3) is 0 Å². The molecule has 25 heavy (non-hydrogen) atoms. The first kappa shape index (κ1) is 18.0. The Bertz CT molecular complexity index is 714. The lowest BCUT2D eigenvalue weighted by Gasteiger charge is -2.46. The smallest absolute Gasteiger partial charge is 0.154 e. The summed E-state index contributed by atoms with van der Waals surface area (Å²) in [4.78, 5) is 9.86. The number of anilines is 2. The Morgan fingerprint density at radius 3 is 2.36 bits per heavy atom. The standard InChI is InChI=1S/C19H27N5S/c1-18(2)10-13(11-19(3,4)24-18)23-16-15(20)17(22-12-21-16)25-14-8-6-5-7-9-14/h5-9,12-13,24H,10-11,20H2,1-4H3,(H,21,22,23). The molecule has 1 aliphatic heterocycles. The average Bonchev–Trinajstić information content (AvgIpc) is 2.49. The molecule has 1 fully saturated rings. The lowest BCUT2D eigenvalue weighted by Crippen LogP contribution is -2.60. The van der Waals surface area contributed by atoms with E-state index in [0.29, 0.717) is 11.7 Å². The largest absolute Gasteiger partial charge is 0.394 e. The van der Waals surface area contributed by atoms with Gasteiger partial charge in [0.15, 0.2) is 5.82 Å². The van der Waals surface area contributed by atoms with Gasteiger partial charge in [0, 0.05) is 22.0 Å². The second kappa shape index (κ2) is 6.84. The van der Waals surface area contributed by atoms with Crippen LogP contribution >= 0.6 is 11.8 Å². The Hall–Kier alpha value is -1.79. The summed E-state index contributed by atoms with van der Waals surface area (Å²) in [6.45, 7) is 8.95. The molecule has 4 N–H and O–H groups in total. The Kier molecular flexibility index (Phi) is 4.93. The summed E-state index contributed by atoms with van der Waals surface area (Å²) in [6.07, 6.45) is 3.61. The first-order valence-electron chi connectivity index (χ1n) is 8.63. The maximum atomic E-state index is 6.36. The van der Waals surface area contributed by atoms with E-state index in [4.69, 9.17) is 5.73 Å². The zero-order chi connectivity index (χ0) is 18.1. The number of hydrogen-bond acceptors (Lipinski definition) is 6. The summed E-state index contributed by atoms with van der Waals surface area (Å²) < 4.78 is 0. The van der Waals surface area contributed by atoms with Crippen LogP contribution in [0.1, 0.15) is 40.5 Å². The van der Waals surface area contributed by atoms with Crippen LogP contribution in [0.5, 0.6) is 0 Å². The Morgan fingerprint density at radius 1 is 1.08 bits per heavy atom. The summed E-state index contributed by atoms with van der Waals surface area (Å²) in [5.74, 6) is 0.729. The number of piperidine rings is 1. The first-order valence-corrected chi connectivity index (χ1v) is 9.45. The van der Waals surface area contributed by atoms with Gasteiger partial charge < -0.3 is 16.4 Å². The minimum Gasteiger partial charge on any atom is -0.394 e. The van der Waals surface area contributed by atoms with Gasteiger partial charge in [-0.2, -0.15) is 0 Å². The molecular formula is C19H27N5S. The van der Waals surface area contributed by atoms with Crippen LogP contribution in [-0.4, -0.2) is 27.1 Å². The highest BCUT2D eigenvalue weighted by Gasteiger charge is 2.37. The molecule has 0 bridgehead atoms. The summed E-state index contributed by atoms with van der Waals surface area (Å²) in [5.41, 5.74) is 7.12. The van der Waals surface area contributed by atoms with E-state index < -0.39 is 0 Å². The second-order valence-corrected chi connectivity index (χ2v) is 9.06. The minimum absolute atomic E-state index is 0.0722. The molecule has 1 aromatic carbocycles. The normalized spacial score (nSPS) is 19.5. The number of nitrogens with zero attached hydrogens (tertiary/aromatic N) is 2. The van der Waals surface area contributed by atoms with E-state index >= 15 is 0 Å². The van der Waals surface area contributed by atoms with Gasteiger partial charge >= 0.3 is 0 Å². The molecule has 5 nitrogen and oxygen atoms in total. The molecule has 0 spiro atoms. The molecule has 0 aliphatic carbocycles. The molecule has 0 saturated carbocycles. The molecule has 1 aliphatic rings. The lowest BCUT2D eigenvalue weighted by atomic mass is 9.79. The molecule has 0 atom stereocenters. The van der Waals surface area contributed by atoms with Crippen molar-refractivity contribution >= 4 is 23.3 Å². The molecule has 2 heterocycles. The van der Waals surface area contributed by atoms with Crippen molar-refractivity contribution in [2.75, 3.05) is 11.1 Å². The zero-order valence-electron chi connectivity index (χ0n) is 15.3. The van der Waals surface area contributed by atoms with Gasteiger partial charge in [-0.3, -0.25) is 0 Å². The second-order valence-electron chi connectivity index (χ2n) is 8.00. The number of nitrogens with one attached hydrogen (secondary N) is 2. The van der Waals surface area contributed by atoms with Crippen molar-refractivity contribution in [2.45, 2.75) is 67.6 Å². The molecule has 6 heteroatoms. The molecule has 3 rings (SSSR count). The van der Waals surface area contributed by atoms with E-state index in [-0.39, 0.29) is 11.1 Å². The van der Waals surface area contributed by atoms with E-state index in [0.717, 1.165) is 28.6 Å². The van der Waals surface area contributed by atoms with E-state index in [9.17, 15) is 0 Å². The van der Waals surface area contributed by atoms with E-state index in [1.54, 1.807) is 18.1 Å². The number of nitrogen functional groups attached to an aromatic ring is 1. The molecule has 2 aromatic rings. The number of rotatable bonds is 4. The van der Waals surface area contributed by atoms with Crippen molar-refractivity contribution in [3.05, 3.63) is 36.7 Å². The predicted molar refractivity (Wildman–Crippen MR) is 105 cm³/mol. The molecule has 0 unspecified atom stereocenters. The van der Waals surface area contributed by atoms with E-state index in [1.165, 1.54) is 0 Å². The summed E-state index contributed by atoms with van der Waals surface area (Å²) in [6, 6.07) is 10.4. The van der Waals surface area contributed by atoms with E-state index in [2.05, 4.69) is 60.4 Å². The summed E-state index contributed by atoms with van der Waals surface area (Å²) in [5, 5.41) is 8.04. The quantitative estimate of drug-likeness (QED) is 0.720. The molecule has 134 valence electrons. The van der Waals surface area contributed by atoms with Crippen molar-refractivity contribution in [1.82, 2.24) is 15.3 Å². The van der Waals surface area contributed by atoms with E-state index in [1.807, 2.05) is 18.2 Å². The van der Waals surface area contributed by atoms with Crippen LogP contribution in [0.2, 0.25) is 0 Å². The Balaban J connectivity index is 1.78. The highest BCUT2D eigenvalue weighted by molar-refractivity contribution is 7.99. The average molecular weight is 358 g/mol. The van der Waals surface area contributed by atoms with Crippen LogP contribution in [0.4, 0.5) is 11.5 Å². The van der Waals surface area contributed by atoms with Gasteiger partial charge in [0.1, 0.15) is 17.0 Å². The van der Waals surface area contributed by atoms with Gasteiger partial charge in [-0.25, -0.2) is 9.97 Å². The third-order valence-electron chi connectivity index (χ3n) is 4.34. The van der Waals surface area contributed by atoms with Crippen LogP contribution < -0.4 is 16.4 Å². The van der Waals surface area contributed by atoms with Gasteiger partial charge in [0.2, 0.25) is 0 Å². The van der Waals surface area contributed by atoms with Crippen molar-refractivity contribution in [2.24, 2.45) is 0 Å². The SMILES string of the molecule is CC1(C)CC(Nc2ncnc(Sc3ccccc3)c2N)CC(C)(C)N1. The van der Waals surface area contributed by atoms with Gasteiger partial charge in [-0.15, -0.1) is 0 Å². The predicted octanol–water partition coefficient (Wildman–Crippen LogP) is 3.93. The summed E-state index contributed by atoms with van der Waals surface area (Å²) in [7, 11) is 0. The van der Waals surface area contributed by atoms with Crippen LogP contribution in [-0.2, 0) is 0 Å². The first-order chi connectivity index (χ1) is 11.7. The molecule has 1 aromatic heterocycles. The van der Waals surface area contributed by atoms with Crippen molar-refractivity contribution in [3.63, 3.8) is 0 Å². The number of nitrogens with two attached hydrogens (primary N) is 1. The fourth-order valence-electron chi connectivity index (χ4n) is 3.79. The van der Waals surface area contributed by atoms with Gasteiger partial charge in [-0.05, 0) is 52.7 Å². The fourth-order valence-corrected chi connectivity index (χ4v) is 4.62. The van der Waals surface area contributed by atoms with Gasteiger partial charge in [-0.1, -0.05) is 30.0 Å². The van der Waals surface area contributed by atoms with Crippen LogP contribution in [0.3, 0.4) is 0 Å². The number of aromatic nitrogens is 2. The Morgan fingerprint density at radius 2 is 1.72 bits per heavy atom. The molecule has 0 amide bonds. The summed E-state index contributed by atoms with van der Waals surface area (Å²) >= 11 is 1.56. The van der Waals surface area contributed by atoms with Crippen molar-refractivity contribution in [1.29, 1.82) is 0 Å². The minimum atomic E-state index is 0.0722. The topological polar surface area (TPSA) is 75.9 Å². The fraction of sp³-hybridized carbons (Fsp3) is 0.474. The highest BCUT2D eigenvalue weighted by Crippen LogP contribution is 2.35. The number of benzene rings is 1. The lowest BCUT2D eigenvalue weighted by molar-refractivity contribution is 0.170. The van der Waals surface area contributed by atoms with Crippen LogP contribution in [0, 0.1) is 0 Å².